The Hall–Kier alpha value is -0.810. The van der Waals surface area contributed by atoms with E-state index in [4.69, 9.17) is 4.74 Å². The van der Waals surface area contributed by atoms with Crippen LogP contribution in [0.1, 0.15) is 49.4 Å². The first-order chi connectivity index (χ1) is 10.1. The zero-order valence-electron chi connectivity index (χ0n) is 12.0. The van der Waals surface area contributed by atoms with E-state index < -0.39 is 29.1 Å². The second-order valence-corrected chi connectivity index (χ2v) is 6.21. The van der Waals surface area contributed by atoms with Crippen LogP contribution in [-0.4, -0.2) is 18.5 Å². The minimum Gasteiger partial charge on any atom is -0.370 e. The lowest BCUT2D eigenvalue weighted by Crippen LogP contribution is -2.35. The fraction of sp³-hybridized carbons (Fsp3) is 0.562. The van der Waals surface area contributed by atoms with E-state index in [9.17, 15) is 13.6 Å². The normalized spacial score (nSPS) is 17.7. The van der Waals surface area contributed by atoms with Gasteiger partial charge in [0.25, 0.3) is 0 Å². The van der Waals surface area contributed by atoms with E-state index in [1.165, 1.54) is 6.07 Å². The van der Waals surface area contributed by atoms with E-state index in [0.29, 0.717) is 6.61 Å². The standard InChI is InChI=1S/C16H19BrF2O2/c1-2-21-16(10-6-4-3-5-7-10)15(20)13-12(18)9-8-11(17)14(13)19/h8-10,16H,2-7H2,1H3. The topological polar surface area (TPSA) is 26.3 Å². The lowest BCUT2D eigenvalue weighted by molar-refractivity contribution is 0.0121. The van der Waals surface area contributed by atoms with Crippen molar-refractivity contribution in [3.63, 3.8) is 0 Å². The SMILES string of the molecule is CCOC(C(=O)c1c(F)ccc(Br)c1F)C1CCCCC1. The monoisotopic (exact) mass is 360 g/mol. The van der Waals surface area contributed by atoms with Gasteiger partial charge in [-0.25, -0.2) is 8.78 Å². The third-order valence-electron chi connectivity index (χ3n) is 3.97. The molecule has 0 saturated heterocycles. The van der Waals surface area contributed by atoms with Crippen molar-refractivity contribution in [2.75, 3.05) is 6.61 Å². The van der Waals surface area contributed by atoms with E-state index in [-0.39, 0.29) is 10.4 Å². The highest BCUT2D eigenvalue weighted by Gasteiger charge is 2.34. The number of rotatable bonds is 5. The molecule has 0 aliphatic heterocycles. The first kappa shape index (κ1) is 16.6. The van der Waals surface area contributed by atoms with Crippen LogP contribution in [0.15, 0.2) is 16.6 Å². The number of hydrogen-bond donors (Lipinski definition) is 0. The van der Waals surface area contributed by atoms with Gasteiger partial charge in [0.2, 0.25) is 0 Å². The summed E-state index contributed by atoms with van der Waals surface area (Å²) in [5.74, 6) is -2.22. The molecule has 0 heterocycles. The van der Waals surface area contributed by atoms with E-state index >= 15 is 0 Å². The minimum atomic E-state index is -0.847. The molecule has 1 aromatic rings. The smallest absolute Gasteiger partial charge is 0.197 e. The third-order valence-corrected chi connectivity index (χ3v) is 4.59. The molecule has 0 spiro atoms. The van der Waals surface area contributed by atoms with Crippen LogP contribution in [0.2, 0.25) is 0 Å². The van der Waals surface area contributed by atoms with Crippen molar-refractivity contribution < 1.29 is 18.3 Å². The second kappa shape index (κ2) is 7.45. The highest BCUT2D eigenvalue weighted by molar-refractivity contribution is 9.10. The van der Waals surface area contributed by atoms with Crippen molar-refractivity contribution in [1.29, 1.82) is 0 Å². The molecule has 5 heteroatoms. The maximum atomic E-state index is 14.1. The molecule has 1 aliphatic rings. The third kappa shape index (κ3) is 3.69. The van der Waals surface area contributed by atoms with Crippen molar-refractivity contribution in [3.8, 4) is 0 Å². The van der Waals surface area contributed by atoms with Gasteiger partial charge in [0.1, 0.15) is 11.9 Å². The molecular formula is C16H19BrF2O2. The number of Topliss-reactive ketones (excluding diaryl/α,β-unsaturated/α-hetero) is 1. The van der Waals surface area contributed by atoms with Crippen molar-refractivity contribution in [2.24, 2.45) is 5.92 Å². The van der Waals surface area contributed by atoms with Gasteiger partial charge in [-0.15, -0.1) is 0 Å². The number of ketones is 1. The summed E-state index contributed by atoms with van der Waals surface area (Å²) in [6.07, 6.45) is 4.19. The van der Waals surface area contributed by atoms with E-state index in [0.717, 1.165) is 38.2 Å². The highest BCUT2D eigenvalue weighted by Crippen LogP contribution is 2.31. The van der Waals surface area contributed by atoms with E-state index in [1.807, 2.05) is 0 Å². The maximum absolute atomic E-state index is 14.1. The van der Waals surface area contributed by atoms with E-state index in [2.05, 4.69) is 15.9 Å². The Kier molecular flexibility index (Phi) is 5.88. The molecule has 1 aliphatic carbocycles. The van der Waals surface area contributed by atoms with Crippen LogP contribution in [0.4, 0.5) is 8.78 Å². The van der Waals surface area contributed by atoms with Gasteiger partial charge in [0, 0.05) is 6.61 Å². The number of benzene rings is 1. The van der Waals surface area contributed by atoms with Gasteiger partial charge < -0.3 is 4.74 Å². The molecule has 0 bridgehead atoms. The number of hydrogen-bond acceptors (Lipinski definition) is 2. The van der Waals surface area contributed by atoms with Gasteiger partial charge in [0.05, 0.1) is 10.0 Å². The van der Waals surface area contributed by atoms with Gasteiger partial charge in [-0.3, -0.25) is 4.79 Å². The molecule has 2 nitrogen and oxygen atoms in total. The molecule has 1 saturated carbocycles. The van der Waals surface area contributed by atoms with Gasteiger partial charge >= 0.3 is 0 Å². The summed E-state index contributed by atoms with van der Waals surface area (Å²) in [6, 6.07) is 2.36. The average molecular weight is 361 g/mol. The summed E-state index contributed by atoms with van der Waals surface area (Å²) in [5, 5.41) is 0. The summed E-state index contributed by atoms with van der Waals surface area (Å²) in [6.45, 7) is 2.14. The molecule has 0 N–H and O–H groups in total. The molecule has 1 atom stereocenters. The fourth-order valence-corrected chi connectivity index (χ4v) is 3.27. The number of halogens is 3. The Labute approximate surface area is 132 Å². The van der Waals surface area contributed by atoms with Gasteiger partial charge in [-0.2, -0.15) is 0 Å². The van der Waals surface area contributed by atoms with Crippen molar-refractivity contribution >= 4 is 21.7 Å². The predicted molar refractivity (Wildman–Crippen MR) is 80.4 cm³/mol. The van der Waals surface area contributed by atoms with Crippen LogP contribution < -0.4 is 0 Å². The minimum absolute atomic E-state index is 0.0454. The van der Waals surface area contributed by atoms with E-state index in [1.54, 1.807) is 6.92 Å². The van der Waals surface area contributed by atoms with Gasteiger partial charge in [-0.1, -0.05) is 19.3 Å². The molecule has 1 fully saturated rings. The largest absolute Gasteiger partial charge is 0.370 e. The number of carbonyl (C=O) groups excluding carboxylic acids is 1. The zero-order valence-corrected chi connectivity index (χ0v) is 13.6. The van der Waals surface area contributed by atoms with Crippen LogP contribution in [0.3, 0.4) is 0 Å². The lowest BCUT2D eigenvalue weighted by atomic mass is 9.82. The molecular weight excluding hydrogens is 342 g/mol. The Bertz CT molecular complexity index is 513. The Morgan fingerprint density at radius 3 is 2.62 bits per heavy atom. The predicted octanol–water partition coefficient (Wildman–Crippen LogP) is 4.90. The van der Waals surface area contributed by atoms with Gasteiger partial charge in [-0.05, 0) is 53.7 Å². The molecule has 2 rings (SSSR count). The molecule has 0 radical (unpaired) electrons. The first-order valence-corrected chi connectivity index (χ1v) is 8.14. The molecule has 0 amide bonds. The van der Waals surface area contributed by atoms with Gasteiger partial charge in [0.15, 0.2) is 11.6 Å². The summed E-state index contributed by atoms with van der Waals surface area (Å²) >= 11 is 3.00. The Balaban J connectivity index is 2.32. The number of ether oxygens (including phenoxy) is 1. The Morgan fingerprint density at radius 2 is 2.00 bits per heavy atom. The summed E-state index contributed by atoms with van der Waals surface area (Å²) < 4.78 is 33.7. The molecule has 0 aromatic heterocycles. The fourth-order valence-electron chi connectivity index (χ4n) is 2.94. The highest BCUT2D eigenvalue weighted by atomic mass is 79.9. The summed E-state index contributed by atoms with van der Waals surface area (Å²) in [5.41, 5.74) is -0.492. The van der Waals surface area contributed by atoms with Crippen molar-refractivity contribution in [2.45, 2.75) is 45.1 Å². The molecule has 1 unspecified atom stereocenters. The molecule has 116 valence electrons. The summed E-state index contributed by atoms with van der Waals surface area (Å²) in [7, 11) is 0. The van der Waals surface area contributed by atoms with Crippen molar-refractivity contribution in [3.05, 3.63) is 33.8 Å². The Morgan fingerprint density at radius 1 is 1.33 bits per heavy atom. The average Bonchev–Trinajstić information content (AvgIpc) is 2.49. The lowest BCUT2D eigenvalue weighted by Gasteiger charge is -2.29. The van der Waals surface area contributed by atoms with Crippen LogP contribution in [0.25, 0.3) is 0 Å². The van der Waals surface area contributed by atoms with Crippen LogP contribution >= 0.6 is 15.9 Å². The quantitative estimate of drug-likeness (QED) is 0.551. The van der Waals surface area contributed by atoms with Crippen LogP contribution in [0, 0.1) is 17.6 Å². The molecule has 1 aromatic carbocycles. The van der Waals surface area contributed by atoms with Crippen molar-refractivity contribution in [1.82, 2.24) is 0 Å². The zero-order chi connectivity index (χ0) is 15.4. The molecule has 21 heavy (non-hydrogen) atoms. The first-order valence-electron chi connectivity index (χ1n) is 7.35. The maximum Gasteiger partial charge on any atom is 0.197 e. The number of carbonyl (C=O) groups is 1. The second-order valence-electron chi connectivity index (χ2n) is 5.36. The van der Waals surface area contributed by atoms with Crippen LogP contribution in [-0.2, 0) is 4.74 Å². The van der Waals surface area contributed by atoms with Crippen LogP contribution in [0.5, 0.6) is 0 Å². The summed E-state index contributed by atoms with van der Waals surface area (Å²) in [4.78, 5) is 12.6.